The molecule has 0 amide bonds. The van der Waals surface area contributed by atoms with Gasteiger partial charge in [0.2, 0.25) is 0 Å². The van der Waals surface area contributed by atoms with E-state index in [2.05, 4.69) is 26.9 Å². The number of fused-ring (bicyclic) bond motifs is 1. The summed E-state index contributed by atoms with van der Waals surface area (Å²) in [4.78, 5) is 18.1. The van der Waals surface area contributed by atoms with Gasteiger partial charge < -0.3 is 0 Å². The Morgan fingerprint density at radius 2 is 1.95 bits per heavy atom. The van der Waals surface area contributed by atoms with Gasteiger partial charge in [0.05, 0.1) is 18.4 Å². The molecule has 1 fully saturated rings. The Morgan fingerprint density at radius 3 is 2.73 bits per heavy atom. The zero-order valence-electron chi connectivity index (χ0n) is 11.5. The number of hydrogen-bond acceptors (Lipinski definition) is 7. The molecule has 1 aromatic carbocycles. The number of benzene rings is 1. The number of hydrazine groups is 3. The predicted molar refractivity (Wildman–Crippen MR) is 85.6 cm³/mol. The molecule has 0 unspecified atom stereocenters. The molecular formula is C14H14N6OS. The van der Waals surface area contributed by atoms with Crippen molar-refractivity contribution in [3.05, 3.63) is 53.1 Å². The topological polar surface area (TPSA) is 83.0 Å². The van der Waals surface area contributed by atoms with Crippen LogP contribution in [0.15, 0.2) is 47.5 Å². The average molecular weight is 314 g/mol. The van der Waals surface area contributed by atoms with Gasteiger partial charge in [-0.25, -0.2) is 15.8 Å². The Kier molecular flexibility index (Phi) is 3.45. The van der Waals surface area contributed by atoms with Crippen LogP contribution in [-0.4, -0.2) is 15.7 Å². The van der Waals surface area contributed by atoms with Gasteiger partial charge in [-0.1, -0.05) is 30.3 Å². The van der Waals surface area contributed by atoms with E-state index < -0.39 is 0 Å². The lowest BCUT2D eigenvalue weighted by atomic mass is 10.2. The second-order valence-corrected chi connectivity index (χ2v) is 6.04. The van der Waals surface area contributed by atoms with E-state index >= 15 is 0 Å². The molecule has 3 aromatic rings. The van der Waals surface area contributed by atoms with E-state index in [-0.39, 0.29) is 11.7 Å². The van der Waals surface area contributed by atoms with E-state index in [4.69, 9.17) is 0 Å². The molecule has 4 N–H and O–H groups in total. The number of hydrogen-bond donors (Lipinski definition) is 4. The van der Waals surface area contributed by atoms with Crippen molar-refractivity contribution in [3.8, 4) is 10.4 Å². The minimum atomic E-state index is -0.0782. The van der Waals surface area contributed by atoms with E-state index in [1.165, 1.54) is 11.3 Å². The zero-order chi connectivity index (χ0) is 14.9. The molecule has 0 bridgehead atoms. The summed E-state index contributed by atoms with van der Waals surface area (Å²) < 4.78 is 2.28. The molecule has 0 aliphatic carbocycles. The monoisotopic (exact) mass is 314 g/mol. The normalized spacial score (nSPS) is 15.6. The second-order valence-electron chi connectivity index (χ2n) is 4.98. The molecule has 112 valence electrons. The molecule has 1 aliphatic heterocycles. The Bertz CT molecular complexity index is 853. The van der Waals surface area contributed by atoms with Crippen LogP contribution in [0.25, 0.3) is 20.7 Å². The van der Waals surface area contributed by atoms with Gasteiger partial charge in [-0.15, -0.1) is 11.3 Å². The van der Waals surface area contributed by atoms with Crippen LogP contribution in [-0.2, 0) is 6.54 Å². The summed E-state index contributed by atoms with van der Waals surface area (Å²) in [5.74, 6) is 0. The van der Waals surface area contributed by atoms with Gasteiger partial charge in [-0.3, -0.25) is 9.36 Å². The third-order valence-corrected chi connectivity index (χ3v) is 4.66. The molecule has 3 heterocycles. The summed E-state index contributed by atoms with van der Waals surface area (Å²) in [5.41, 5.74) is 13.2. The maximum atomic E-state index is 12.6. The van der Waals surface area contributed by atoms with E-state index in [9.17, 15) is 4.79 Å². The van der Waals surface area contributed by atoms with Gasteiger partial charge in [-0.05, 0) is 11.6 Å². The molecule has 22 heavy (non-hydrogen) atoms. The van der Waals surface area contributed by atoms with E-state index in [1.54, 1.807) is 10.9 Å². The molecule has 7 nitrogen and oxygen atoms in total. The Morgan fingerprint density at radius 1 is 1.18 bits per heavy atom. The zero-order valence-corrected chi connectivity index (χ0v) is 12.4. The first-order valence-electron chi connectivity index (χ1n) is 6.87. The van der Waals surface area contributed by atoms with E-state index in [1.807, 2.05) is 36.4 Å². The third kappa shape index (κ3) is 2.43. The lowest BCUT2D eigenvalue weighted by Gasteiger charge is -2.10. The van der Waals surface area contributed by atoms with Gasteiger partial charge in [0, 0.05) is 4.88 Å². The average Bonchev–Trinajstić information content (AvgIpc) is 3.21. The first-order valence-corrected chi connectivity index (χ1v) is 7.68. The van der Waals surface area contributed by atoms with Gasteiger partial charge in [0.1, 0.15) is 10.9 Å². The fourth-order valence-electron chi connectivity index (χ4n) is 2.39. The third-order valence-electron chi connectivity index (χ3n) is 3.50. The molecule has 0 saturated carbocycles. The largest absolute Gasteiger partial charge is 0.295 e. The van der Waals surface area contributed by atoms with Crippen molar-refractivity contribution >= 4 is 21.6 Å². The van der Waals surface area contributed by atoms with Crippen molar-refractivity contribution in [1.82, 2.24) is 31.5 Å². The van der Waals surface area contributed by atoms with Crippen LogP contribution < -0.4 is 27.5 Å². The molecule has 1 saturated heterocycles. The maximum absolute atomic E-state index is 12.6. The van der Waals surface area contributed by atoms with Crippen LogP contribution in [0.2, 0.25) is 0 Å². The molecule has 2 aromatic heterocycles. The summed E-state index contributed by atoms with van der Waals surface area (Å²) in [7, 11) is 0. The molecular weight excluding hydrogens is 300 g/mol. The predicted octanol–water partition coefficient (Wildman–Crippen LogP) is 0.568. The fourth-order valence-corrected chi connectivity index (χ4v) is 3.46. The van der Waals surface area contributed by atoms with Gasteiger partial charge >= 0.3 is 0 Å². The van der Waals surface area contributed by atoms with Crippen molar-refractivity contribution in [1.29, 1.82) is 0 Å². The van der Waals surface area contributed by atoms with Crippen molar-refractivity contribution < 1.29 is 0 Å². The minimum Gasteiger partial charge on any atom is -0.295 e. The van der Waals surface area contributed by atoms with Crippen LogP contribution in [0.5, 0.6) is 0 Å². The van der Waals surface area contributed by atoms with Crippen LogP contribution in [0.3, 0.4) is 0 Å². The highest BCUT2D eigenvalue weighted by Gasteiger charge is 2.16. The summed E-state index contributed by atoms with van der Waals surface area (Å²) >= 11 is 1.48. The molecule has 0 radical (unpaired) electrons. The smallest absolute Gasteiger partial charge is 0.271 e. The lowest BCUT2D eigenvalue weighted by Crippen LogP contribution is -2.40. The van der Waals surface area contributed by atoms with E-state index in [0.29, 0.717) is 11.2 Å². The van der Waals surface area contributed by atoms with Crippen LogP contribution in [0.4, 0.5) is 0 Å². The highest BCUT2D eigenvalue weighted by molar-refractivity contribution is 7.22. The fraction of sp³-hybridized carbons (Fsp3) is 0.143. The highest BCUT2D eigenvalue weighted by Crippen LogP contribution is 2.30. The first kappa shape index (κ1) is 13.6. The summed E-state index contributed by atoms with van der Waals surface area (Å²) in [6.45, 7) is 0.473. The van der Waals surface area contributed by atoms with Crippen molar-refractivity contribution in [2.75, 3.05) is 0 Å². The first-order chi connectivity index (χ1) is 10.8. The summed E-state index contributed by atoms with van der Waals surface area (Å²) in [6.07, 6.45) is 1.51. The molecule has 0 spiro atoms. The molecule has 1 aliphatic rings. The standard InChI is InChI=1S/C14H14N6OS/c21-14-13-10(6-11(22-13)9-4-2-1-3-5-9)15-8-20(14)7-12-16-18-19-17-12/h1-6,8,12,16-19H,7H2. The number of nitrogens with zero attached hydrogens (tertiary/aromatic N) is 2. The summed E-state index contributed by atoms with van der Waals surface area (Å²) in [5, 5.41) is 0. The molecule has 4 rings (SSSR count). The lowest BCUT2D eigenvalue weighted by molar-refractivity contribution is 0.443. The van der Waals surface area contributed by atoms with Gasteiger partial charge in [-0.2, -0.15) is 11.1 Å². The Hall–Kier alpha value is -2.10. The van der Waals surface area contributed by atoms with E-state index in [0.717, 1.165) is 16.0 Å². The maximum Gasteiger partial charge on any atom is 0.271 e. The van der Waals surface area contributed by atoms with Crippen LogP contribution >= 0.6 is 11.3 Å². The minimum absolute atomic E-state index is 0.0207. The van der Waals surface area contributed by atoms with Crippen LogP contribution in [0.1, 0.15) is 0 Å². The van der Waals surface area contributed by atoms with Gasteiger partial charge in [0.15, 0.2) is 0 Å². The molecule has 8 heteroatoms. The van der Waals surface area contributed by atoms with Gasteiger partial charge in [0.25, 0.3) is 5.56 Å². The summed E-state index contributed by atoms with van der Waals surface area (Å²) in [6, 6.07) is 12.0. The quantitative estimate of drug-likeness (QED) is 0.566. The highest BCUT2D eigenvalue weighted by atomic mass is 32.1. The van der Waals surface area contributed by atoms with Crippen molar-refractivity contribution in [3.63, 3.8) is 0 Å². The SMILES string of the molecule is O=c1c2sc(-c3ccccc3)cc2ncn1CC1NNNN1. The molecule has 0 atom stereocenters. The number of aromatic nitrogens is 2. The number of thiophene rings is 1. The van der Waals surface area contributed by atoms with Crippen molar-refractivity contribution in [2.45, 2.75) is 12.7 Å². The Labute approximate surface area is 129 Å². The second kappa shape index (κ2) is 5.59. The Balaban J connectivity index is 1.73. The number of rotatable bonds is 3. The van der Waals surface area contributed by atoms with Crippen LogP contribution in [0, 0.1) is 0 Å². The van der Waals surface area contributed by atoms with Crippen molar-refractivity contribution in [2.24, 2.45) is 0 Å². The number of nitrogens with one attached hydrogen (secondary N) is 4.